The molecule has 1 fully saturated rings. The number of nitrogens with one attached hydrogen (secondary N) is 1. The molecule has 17 heavy (non-hydrogen) atoms. The molecule has 1 unspecified atom stereocenters. The van der Waals surface area contributed by atoms with E-state index in [4.69, 9.17) is 4.52 Å². The molecule has 1 saturated heterocycles. The Morgan fingerprint density at radius 1 is 1.59 bits per heavy atom. The normalized spacial score (nSPS) is 21.9. The SMILES string of the molecule is CCCNCc1nc(C2CSCCN2C)no1. The Bertz CT molecular complexity index is 344. The summed E-state index contributed by atoms with van der Waals surface area (Å²) >= 11 is 1.95. The molecule has 1 aliphatic heterocycles. The van der Waals surface area contributed by atoms with Crippen LogP contribution in [-0.2, 0) is 6.54 Å². The first-order valence-corrected chi connectivity index (χ1v) is 7.28. The van der Waals surface area contributed by atoms with E-state index in [2.05, 4.69) is 34.3 Å². The fourth-order valence-corrected chi connectivity index (χ4v) is 3.02. The average molecular weight is 256 g/mol. The van der Waals surface area contributed by atoms with Crippen molar-refractivity contribution >= 4 is 11.8 Å². The Kier molecular flexibility index (Phi) is 4.82. The molecule has 0 aliphatic carbocycles. The third kappa shape index (κ3) is 3.43. The summed E-state index contributed by atoms with van der Waals surface area (Å²) in [6.45, 7) is 4.88. The lowest BCUT2D eigenvalue weighted by atomic mass is 10.3. The van der Waals surface area contributed by atoms with Gasteiger partial charge in [0.15, 0.2) is 5.82 Å². The Hall–Kier alpha value is -0.590. The molecule has 0 aromatic carbocycles. The Morgan fingerprint density at radius 2 is 2.47 bits per heavy atom. The van der Waals surface area contributed by atoms with Crippen molar-refractivity contribution in [3.8, 4) is 0 Å². The van der Waals surface area contributed by atoms with E-state index in [1.165, 1.54) is 5.75 Å². The zero-order valence-electron chi connectivity index (χ0n) is 10.5. The van der Waals surface area contributed by atoms with Crippen LogP contribution in [0.2, 0.25) is 0 Å². The molecule has 5 nitrogen and oxygen atoms in total. The number of rotatable bonds is 5. The summed E-state index contributed by atoms with van der Waals surface area (Å²) in [5.74, 6) is 3.76. The first-order valence-electron chi connectivity index (χ1n) is 6.12. The minimum absolute atomic E-state index is 0.303. The summed E-state index contributed by atoms with van der Waals surface area (Å²) in [7, 11) is 2.12. The average Bonchev–Trinajstić information content (AvgIpc) is 2.79. The van der Waals surface area contributed by atoms with Crippen molar-refractivity contribution in [2.24, 2.45) is 0 Å². The van der Waals surface area contributed by atoms with Crippen molar-refractivity contribution < 1.29 is 4.52 Å². The van der Waals surface area contributed by atoms with E-state index in [1.807, 2.05) is 11.8 Å². The van der Waals surface area contributed by atoms with E-state index < -0.39 is 0 Å². The lowest BCUT2D eigenvalue weighted by molar-refractivity contribution is 0.256. The van der Waals surface area contributed by atoms with Gasteiger partial charge in [0.25, 0.3) is 0 Å². The van der Waals surface area contributed by atoms with Crippen LogP contribution in [0.5, 0.6) is 0 Å². The lowest BCUT2D eigenvalue weighted by Crippen LogP contribution is -2.33. The zero-order chi connectivity index (χ0) is 12.1. The molecular formula is C11H20N4OS. The van der Waals surface area contributed by atoms with Gasteiger partial charge in [0, 0.05) is 18.1 Å². The Balaban J connectivity index is 1.92. The number of hydrogen-bond donors (Lipinski definition) is 1. The second-order valence-electron chi connectivity index (χ2n) is 4.29. The summed E-state index contributed by atoms with van der Waals surface area (Å²) in [5, 5.41) is 7.35. The molecule has 1 aromatic rings. The van der Waals surface area contributed by atoms with Crippen molar-refractivity contribution in [2.45, 2.75) is 25.9 Å². The van der Waals surface area contributed by atoms with Crippen LogP contribution in [0.1, 0.15) is 31.1 Å². The highest BCUT2D eigenvalue weighted by Gasteiger charge is 2.25. The molecule has 6 heteroatoms. The number of aromatic nitrogens is 2. The smallest absolute Gasteiger partial charge is 0.240 e. The molecule has 2 rings (SSSR count). The molecule has 0 amide bonds. The molecular weight excluding hydrogens is 236 g/mol. The molecule has 1 aliphatic rings. The molecule has 0 bridgehead atoms. The first-order chi connectivity index (χ1) is 8.31. The predicted octanol–water partition coefficient (Wildman–Crippen LogP) is 1.29. The van der Waals surface area contributed by atoms with Gasteiger partial charge in [0.2, 0.25) is 5.89 Å². The van der Waals surface area contributed by atoms with Gasteiger partial charge in [-0.2, -0.15) is 16.7 Å². The van der Waals surface area contributed by atoms with Gasteiger partial charge in [-0.25, -0.2) is 0 Å². The van der Waals surface area contributed by atoms with Crippen LogP contribution in [0, 0.1) is 0 Å². The van der Waals surface area contributed by atoms with E-state index in [0.29, 0.717) is 18.5 Å². The molecule has 2 heterocycles. The summed E-state index contributed by atoms with van der Waals surface area (Å²) in [6, 6.07) is 0.303. The molecule has 1 atom stereocenters. The summed E-state index contributed by atoms with van der Waals surface area (Å²) < 4.78 is 5.25. The zero-order valence-corrected chi connectivity index (χ0v) is 11.3. The maximum Gasteiger partial charge on any atom is 0.240 e. The van der Waals surface area contributed by atoms with E-state index in [-0.39, 0.29) is 0 Å². The maximum atomic E-state index is 5.25. The van der Waals surface area contributed by atoms with Crippen LogP contribution in [0.4, 0.5) is 0 Å². The van der Waals surface area contributed by atoms with Crippen molar-refractivity contribution in [3.05, 3.63) is 11.7 Å². The summed E-state index contributed by atoms with van der Waals surface area (Å²) in [5.41, 5.74) is 0. The predicted molar refractivity (Wildman–Crippen MR) is 69.0 cm³/mol. The molecule has 1 aromatic heterocycles. The fraction of sp³-hybridized carbons (Fsp3) is 0.818. The third-order valence-electron chi connectivity index (χ3n) is 2.88. The molecule has 0 radical (unpaired) electrons. The van der Waals surface area contributed by atoms with Crippen LogP contribution in [-0.4, -0.2) is 46.7 Å². The van der Waals surface area contributed by atoms with Crippen LogP contribution in [0.25, 0.3) is 0 Å². The van der Waals surface area contributed by atoms with Gasteiger partial charge >= 0.3 is 0 Å². The Labute approximate surface area is 106 Å². The summed E-state index contributed by atoms with van der Waals surface area (Å²) in [4.78, 5) is 6.76. The second-order valence-corrected chi connectivity index (χ2v) is 5.44. The molecule has 1 N–H and O–H groups in total. The van der Waals surface area contributed by atoms with Gasteiger partial charge in [0.05, 0.1) is 12.6 Å². The fourth-order valence-electron chi connectivity index (χ4n) is 1.81. The largest absolute Gasteiger partial charge is 0.338 e. The number of hydrogen-bond acceptors (Lipinski definition) is 6. The maximum absolute atomic E-state index is 5.25. The van der Waals surface area contributed by atoms with Gasteiger partial charge in [0.1, 0.15) is 0 Å². The molecule has 0 saturated carbocycles. The van der Waals surface area contributed by atoms with E-state index in [0.717, 1.165) is 31.1 Å². The third-order valence-corrected chi connectivity index (χ3v) is 3.90. The van der Waals surface area contributed by atoms with Crippen LogP contribution in [0.3, 0.4) is 0 Å². The van der Waals surface area contributed by atoms with E-state index in [1.54, 1.807) is 0 Å². The van der Waals surface area contributed by atoms with Gasteiger partial charge in [-0.05, 0) is 20.0 Å². The highest BCUT2D eigenvalue weighted by atomic mass is 32.2. The molecule has 0 spiro atoms. The van der Waals surface area contributed by atoms with E-state index >= 15 is 0 Å². The first kappa shape index (κ1) is 12.9. The van der Waals surface area contributed by atoms with Crippen LogP contribution >= 0.6 is 11.8 Å². The highest BCUT2D eigenvalue weighted by Crippen LogP contribution is 2.25. The van der Waals surface area contributed by atoms with Gasteiger partial charge < -0.3 is 9.84 Å². The van der Waals surface area contributed by atoms with Crippen molar-refractivity contribution in [1.29, 1.82) is 0 Å². The monoisotopic (exact) mass is 256 g/mol. The highest BCUT2D eigenvalue weighted by molar-refractivity contribution is 7.99. The van der Waals surface area contributed by atoms with E-state index in [9.17, 15) is 0 Å². The number of nitrogens with zero attached hydrogens (tertiary/aromatic N) is 3. The topological polar surface area (TPSA) is 54.2 Å². The standard InChI is InChI=1S/C11H20N4OS/c1-3-4-12-7-10-13-11(14-16-10)9-8-17-6-5-15(9)2/h9,12H,3-8H2,1-2H3. The Morgan fingerprint density at radius 3 is 3.24 bits per heavy atom. The summed E-state index contributed by atoms with van der Waals surface area (Å²) in [6.07, 6.45) is 1.11. The second kappa shape index (κ2) is 6.37. The van der Waals surface area contributed by atoms with Crippen molar-refractivity contribution in [2.75, 3.05) is 31.6 Å². The lowest BCUT2D eigenvalue weighted by Gasteiger charge is -2.29. The molecule has 96 valence electrons. The van der Waals surface area contributed by atoms with Crippen molar-refractivity contribution in [1.82, 2.24) is 20.4 Å². The quantitative estimate of drug-likeness (QED) is 0.801. The van der Waals surface area contributed by atoms with Crippen LogP contribution in [0.15, 0.2) is 4.52 Å². The minimum Gasteiger partial charge on any atom is -0.338 e. The van der Waals surface area contributed by atoms with Gasteiger partial charge in [-0.15, -0.1) is 0 Å². The van der Waals surface area contributed by atoms with Gasteiger partial charge in [-0.3, -0.25) is 4.90 Å². The van der Waals surface area contributed by atoms with Crippen LogP contribution < -0.4 is 5.32 Å². The van der Waals surface area contributed by atoms with Gasteiger partial charge in [-0.1, -0.05) is 12.1 Å². The minimum atomic E-state index is 0.303. The van der Waals surface area contributed by atoms with Crippen molar-refractivity contribution in [3.63, 3.8) is 0 Å². The number of thioether (sulfide) groups is 1.